The van der Waals surface area contributed by atoms with Crippen molar-refractivity contribution in [1.82, 2.24) is 0 Å². The second kappa shape index (κ2) is 6.15. The molecule has 1 unspecified atom stereocenters. The van der Waals surface area contributed by atoms with Crippen molar-refractivity contribution in [2.24, 2.45) is 0 Å². The molecule has 2 aromatic rings. The van der Waals surface area contributed by atoms with Crippen LogP contribution in [0.25, 0.3) is 0 Å². The Morgan fingerprint density at radius 1 is 1.25 bits per heavy atom. The van der Waals surface area contributed by atoms with Crippen LogP contribution in [0.2, 0.25) is 5.02 Å². The first-order chi connectivity index (χ1) is 9.49. The molecule has 2 rings (SSSR count). The van der Waals surface area contributed by atoms with Gasteiger partial charge in [0, 0.05) is 0 Å². The molecule has 4 nitrogen and oxygen atoms in total. The van der Waals surface area contributed by atoms with Crippen molar-refractivity contribution in [3.8, 4) is 11.5 Å². The molecule has 0 saturated carbocycles. The maximum absolute atomic E-state index is 11.9. The second-order valence-corrected chi connectivity index (χ2v) is 5.48. The van der Waals surface area contributed by atoms with E-state index in [1.807, 2.05) is 13.0 Å². The molecule has 20 heavy (non-hydrogen) atoms. The smallest absolute Gasteiger partial charge is 0.316 e. The Kier molecular flexibility index (Phi) is 4.52. The molecule has 0 aliphatic carbocycles. The largest absolute Gasteiger partial charge is 0.504 e. The number of rotatable bonds is 4. The number of anilines is 1. The summed E-state index contributed by atoms with van der Waals surface area (Å²) in [6.07, 6.45) is 0. The van der Waals surface area contributed by atoms with Gasteiger partial charge in [-0.2, -0.15) is 4.21 Å². The number of aromatic hydroxyl groups is 1. The zero-order valence-corrected chi connectivity index (χ0v) is 12.6. The van der Waals surface area contributed by atoms with E-state index >= 15 is 0 Å². The summed E-state index contributed by atoms with van der Waals surface area (Å²) in [4.78, 5) is 0. The first-order valence-electron chi connectivity index (χ1n) is 5.89. The maximum Gasteiger partial charge on any atom is 0.316 e. The fourth-order valence-electron chi connectivity index (χ4n) is 1.61. The number of nitrogens with one attached hydrogen (secondary N) is 1. The fourth-order valence-corrected chi connectivity index (χ4v) is 2.53. The Hall–Kier alpha value is -1.72. The Morgan fingerprint density at radius 2 is 1.90 bits per heavy atom. The van der Waals surface area contributed by atoms with E-state index in [0.717, 1.165) is 11.1 Å². The first-order valence-corrected chi connectivity index (χ1v) is 7.35. The molecule has 6 heteroatoms. The van der Waals surface area contributed by atoms with Gasteiger partial charge >= 0.3 is 11.3 Å². The summed E-state index contributed by atoms with van der Waals surface area (Å²) in [7, 11) is 0. The molecule has 0 aromatic heterocycles. The minimum atomic E-state index is -1.82. The fraction of sp³-hybridized carbons (Fsp3) is 0.143. The number of hydrogen-bond donors (Lipinski definition) is 2. The second-order valence-electron chi connectivity index (χ2n) is 4.26. The Morgan fingerprint density at radius 3 is 2.55 bits per heavy atom. The lowest BCUT2D eigenvalue weighted by atomic mass is 10.1. The maximum atomic E-state index is 11.9. The van der Waals surface area contributed by atoms with Crippen LogP contribution in [0.3, 0.4) is 0 Å². The predicted molar refractivity (Wildman–Crippen MR) is 81.4 cm³/mol. The van der Waals surface area contributed by atoms with Crippen molar-refractivity contribution in [2.45, 2.75) is 13.8 Å². The van der Waals surface area contributed by atoms with Crippen molar-refractivity contribution in [1.29, 1.82) is 0 Å². The molecule has 0 bridgehead atoms. The summed E-state index contributed by atoms with van der Waals surface area (Å²) in [6, 6.07) is 10.4. The monoisotopic (exact) mass is 311 g/mol. The first kappa shape index (κ1) is 14.7. The molecule has 2 N–H and O–H groups in total. The summed E-state index contributed by atoms with van der Waals surface area (Å²) in [6.45, 7) is 3.66. The standard InChI is InChI=1S/C14H14ClNO3S/c1-9-8-12(14(17)13(15)10(9)2)16-20(18)19-11-6-4-3-5-7-11/h3-8,16-17H,1-2H3. The van der Waals surface area contributed by atoms with Crippen LogP contribution in [-0.2, 0) is 11.3 Å². The van der Waals surface area contributed by atoms with Gasteiger partial charge in [0.05, 0.1) is 10.7 Å². The highest BCUT2D eigenvalue weighted by atomic mass is 35.5. The molecule has 2 aromatic carbocycles. The van der Waals surface area contributed by atoms with Gasteiger partial charge in [-0.15, -0.1) is 0 Å². The van der Waals surface area contributed by atoms with Crippen molar-refractivity contribution in [3.05, 3.63) is 52.5 Å². The number of benzene rings is 2. The van der Waals surface area contributed by atoms with E-state index in [-0.39, 0.29) is 16.5 Å². The molecule has 1 atom stereocenters. The van der Waals surface area contributed by atoms with Crippen LogP contribution < -0.4 is 8.91 Å². The van der Waals surface area contributed by atoms with E-state index in [0.29, 0.717) is 5.75 Å². The lowest BCUT2D eigenvalue weighted by Crippen LogP contribution is -2.11. The summed E-state index contributed by atoms with van der Waals surface area (Å²) in [5, 5.41) is 10.2. The van der Waals surface area contributed by atoms with Crippen LogP contribution in [0.5, 0.6) is 11.5 Å². The third-order valence-corrected chi connectivity index (χ3v) is 4.05. The van der Waals surface area contributed by atoms with Gasteiger partial charge in [-0.3, -0.25) is 4.72 Å². The summed E-state index contributed by atoms with van der Waals surface area (Å²) >= 11 is 4.18. The quantitative estimate of drug-likeness (QED) is 0.846. The molecule has 0 amide bonds. The van der Waals surface area contributed by atoms with E-state index in [1.54, 1.807) is 37.3 Å². The Labute approximate surface area is 125 Å². The van der Waals surface area contributed by atoms with Gasteiger partial charge < -0.3 is 9.29 Å². The van der Waals surface area contributed by atoms with Crippen LogP contribution in [0.15, 0.2) is 36.4 Å². The number of hydrogen-bond acceptors (Lipinski definition) is 3. The third-order valence-electron chi connectivity index (χ3n) is 2.85. The van der Waals surface area contributed by atoms with Crippen molar-refractivity contribution >= 4 is 28.6 Å². The van der Waals surface area contributed by atoms with Crippen LogP contribution in [0.4, 0.5) is 5.69 Å². The van der Waals surface area contributed by atoms with E-state index < -0.39 is 11.3 Å². The molecule has 0 saturated heterocycles. The minimum Gasteiger partial charge on any atom is -0.504 e. The Bertz CT molecular complexity index is 647. The number of para-hydroxylation sites is 1. The van der Waals surface area contributed by atoms with E-state index in [2.05, 4.69) is 4.72 Å². The summed E-state index contributed by atoms with van der Waals surface area (Å²) in [5.41, 5.74) is 1.93. The lowest BCUT2D eigenvalue weighted by Gasteiger charge is -2.12. The molecule has 106 valence electrons. The average molecular weight is 312 g/mol. The van der Waals surface area contributed by atoms with E-state index in [9.17, 15) is 9.32 Å². The number of halogens is 1. The normalized spacial score (nSPS) is 11.9. The van der Waals surface area contributed by atoms with Crippen molar-refractivity contribution in [2.75, 3.05) is 4.72 Å². The third kappa shape index (κ3) is 3.23. The van der Waals surface area contributed by atoms with Gasteiger partial charge in [0.2, 0.25) is 0 Å². The van der Waals surface area contributed by atoms with Gasteiger partial charge in [0.25, 0.3) is 0 Å². The average Bonchev–Trinajstić information content (AvgIpc) is 2.43. The number of phenolic OH excluding ortho intramolecular Hbond substituents is 1. The molecule has 0 fully saturated rings. The van der Waals surface area contributed by atoms with E-state index in [1.165, 1.54) is 0 Å². The molecular formula is C14H14ClNO3S. The van der Waals surface area contributed by atoms with Gasteiger partial charge in [-0.05, 0) is 43.2 Å². The summed E-state index contributed by atoms with van der Waals surface area (Å²) in [5.74, 6) is 0.326. The topological polar surface area (TPSA) is 58.6 Å². The number of aryl methyl sites for hydroxylation is 1. The van der Waals surface area contributed by atoms with Crippen molar-refractivity contribution < 1.29 is 13.5 Å². The highest BCUT2D eigenvalue weighted by Crippen LogP contribution is 2.36. The molecule has 0 radical (unpaired) electrons. The zero-order chi connectivity index (χ0) is 14.7. The van der Waals surface area contributed by atoms with Crippen LogP contribution in [0, 0.1) is 13.8 Å². The lowest BCUT2D eigenvalue weighted by molar-refractivity contribution is 0.477. The molecule has 0 aliphatic rings. The molecule has 0 spiro atoms. The summed E-state index contributed by atoms with van der Waals surface area (Å²) < 4.78 is 19.6. The predicted octanol–water partition coefficient (Wildman–Crippen LogP) is 3.73. The van der Waals surface area contributed by atoms with E-state index in [4.69, 9.17) is 15.8 Å². The highest BCUT2D eigenvalue weighted by Gasteiger charge is 2.13. The Balaban J connectivity index is 2.16. The molecule has 0 aliphatic heterocycles. The van der Waals surface area contributed by atoms with Crippen molar-refractivity contribution in [3.63, 3.8) is 0 Å². The van der Waals surface area contributed by atoms with Gasteiger partial charge in [0.1, 0.15) is 5.75 Å². The number of phenols is 1. The van der Waals surface area contributed by atoms with Gasteiger partial charge in [-0.25, -0.2) is 0 Å². The molecular weight excluding hydrogens is 298 g/mol. The SMILES string of the molecule is Cc1cc(NS(=O)Oc2ccccc2)c(O)c(Cl)c1C. The van der Waals surface area contributed by atoms with Crippen LogP contribution in [-0.4, -0.2) is 9.32 Å². The highest BCUT2D eigenvalue weighted by molar-refractivity contribution is 7.82. The van der Waals surface area contributed by atoms with Gasteiger partial charge in [0.15, 0.2) is 5.75 Å². The van der Waals surface area contributed by atoms with Crippen LogP contribution in [0.1, 0.15) is 11.1 Å². The zero-order valence-electron chi connectivity index (χ0n) is 11.0. The van der Waals surface area contributed by atoms with Gasteiger partial charge in [-0.1, -0.05) is 29.8 Å². The molecule has 0 heterocycles. The van der Waals surface area contributed by atoms with Crippen LogP contribution >= 0.6 is 11.6 Å². The minimum absolute atomic E-state index is 0.139.